The van der Waals surface area contributed by atoms with Crippen LogP contribution in [0.25, 0.3) is 0 Å². The van der Waals surface area contributed by atoms with Gasteiger partial charge in [-0.15, -0.1) is 0 Å². The summed E-state index contributed by atoms with van der Waals surface area (Å²) in [5.74, 6) is 0.973. The first-order chi connectivity index (χ1) is 9.00. The van der Waals surface area contributed by atoms with Crippen molar-refractivity contribution in [3.63, 3.8) is 0 Å². The zero-order valence-corrected chi connectivity index (χ0v) is 12.2. The zero-order chi connectivity index (χ0) is 14.3. The summed E-state index contributed by atoms with van der Waals surface area (Å²) < 4.78 is 0. The molecule has 0 saturated heterocycles. The highest BCUT2D eigenvalue weighted by Gasteiger charge is 2.10. The summed E-state index contributed by atoms with van der Waals surface area (Å²) in [6.07, 6.45) is 0.294. The minimum Gasteiger partial charge on any atom is -0.386 e. The molecule has 0 saturated carbocycles. The van der Waals surface area contributed by atoms with Crippen LogP contribution in [0.3, 0.4) is 0 Å². The second-order valence-corrected chi connectivity index (χ2v) is 5.28. The molecule has 4 N–H and O–H groups in total. The average molecular weight is 284 g/mol. The highest BCUT2D eigenvalue weighted by atomic mass is 35.5. The lowest BCUT2D eigenvalue weighted by Crippen LogP contribution is -2.33. The number of nitrogens with one attached hydrogen (secondary N) is 1. The molecule has 0 aliphatic heterocycles. The fraction of sp³-hybridized carbons (Fsp3) is 0.500. The van der Waals surface area contributed by atoms with Crippen molar-refractivity contribution in [2.24, 2.45) is 16.6 Å². The van der Waals surface area contributed by atoms with Crippen LogP contribution >= 0.6 is 11.6 Å². The highest BCUT2D eigenvalue weighted by Crippen LogP contribution is 2.22. The molecule has 19 heavy (non-hydrogen) atoms. The number of guanidine groups is 1. The molecule has 0 aliphatic carbocycles. The topological polar surface area (TPSA) is 70.6 Å². The van der Waals surface area contributed by atoms with Crippen LogP contribution in [-0.2, 0) is 0 Å². The lowest BCUT2D eigenvalue weighted by atomic mass is 10.1. The molecule has 1 unspecified atom stereocenters. The molecule has 0 fully saturated rings. The van der Waals surface area contributed by atoms with Gasteiger partial charge in [-0.25, -0.2) is 0 Å². The minimum atomic E-state index is -0.737. The molecule has 106 valence electrons. The maximum absolute atomic E-state index is 9.99. The third-order valence-electron chi connectivity index (χ3n) is 2.73. The van der Waals surface area contributed by atoms with Gasteiger partial charge in [0, 0.05) is 17.1 Å². The van der Waals surface area contributed by atoms with Crippen LogP contribution < -0.4 is 11.1 Å². The maximum Gasteiger partial charge on any atom is 0.188 e. The van der Waals surface area contributed by atoms with E-state index in [0.29, 0.717) is 22.5 Å². The first kappa shape index (κ1) is 15.8. The molecule has 0 spiro atoms. The standard InChI is InChI=1S/C14H22ClN3O/c1-10(2)7-8-17-14(16)18-9-13(19)11-5-3-4-6-12(11)15/h3-6,10,13,19H,7-9H2,1-2H3,(H3,16,17,18). The summed E-state index contributed by atoms with van der Waals surface area (Å²) in [6.45, 7) is 5.28. The summed E-state index contributed by atoms with van der Waals surface area (Å²) in [5.41, 5.74) is 6.39. The van der Waals surface area contributed by atoms with Gasteiger partial charge in [-0.05, 0) is 18.4 Å². The van der Waals surface area contributed by atoms with E-state index in [9.17, 15) is 5.11 Å². The third-order valence-corrected chi connectivity index (χ3v) is 3.07. The van der Waals surface area contributed by atoms with Gasteiger partial charge in [0.25, 0.3) is 0 Å². The normalized spacial score (nSPS) is 13.6. The Morgan fingerprint density at radius 2 is 2.11 bits per heavy atom. The Kier molecular flexibility index (Phi) is 6.67. The molecule has 1 atom stereocenters. The quantitative estimate of drug-likeness (QED) is 0.554. The van der Waals surface area contributed by atoms with Gasteiger partial charge in [-0.2, -0.15) is 0 Å². The van der Waals surface area contributed by atoms with Gasteiger partial charge < -0.3 is 16.2 Å². The summed E-state index contributed by atoms with van der Waals surface area (Å²) in [6, 6.07) is 7.18. The van der Waals surface area contributed by atoms with E-state index in [-0.39, 0.29) is 6.54 Å². The van der Waals surface area contributed by atoms with Crippen molar-refractivity contribution in [2.75, 3.05) is 13.1 Å². The summed E-state index contributed by atoms with van der Waals surface area (Å²) in [4.78, 5) is 4.11. The molecule has 1 rings (SSSR count). The number of halogens is 1. The number of nitrogens with zero attached hydrogens (tertiary/aromatic N) is 1. The molecule has 1 aromatic rings. The Labute approximate surface area is 119 Å². The number of rotatable bonds is 6. The van der Waals surface area contributed by atoms with E-state index in [1.54, 1.807) is 12.1 Å². The van der Waals surface area contributed by atoms with Crippen LogP contribution in [0.15, 0.2) is 29.3 Å². The molecule has 0 aromatic heterocycles. The van der Waals surface area contributed by atoms with Crippen LogP contribution in [0.2, 0.25) is 5.02 Å². The molecule has 0 heterocycles. The fourth-order valence-corrected chi connectivity index (χ4v) is 1.83. The molecule has 0 amide bonds. The van der Waals surface area contributed by atoms with Crippen molar-refractivity contribution in [1.82, 2.24) is 5.32 Å². The van der Waals surface area contributed by atoms with E-state index >= 15 is 0 Å². The van der Waals surface area contributed by atoms with Crippen molar-refractivity contribution in [3.8, 4) is 0 Å². The molecule has 1 aromatic carbocycles. The average Bonchev–Trinajstić information content (AvgIpc) is 2.36. The van der Waals surface area contributed by atoms with Crippen molar-refractivity contribution >= 4 is 17.6 Å². The molecule has 0 bridgehead atoms. The summed E-state index contributed by atoms with van der Waals surface area (Å²) in [7, 11) is 0. The Bertz CT molecular complexity index is 421. The Balaban J connectivity index is 2.44. The number of nitrogens with two attached hydrogens (primary N) is 1. The summed E-state index contributed by atoms with van der Waals surface area (Å²) >= 11 is 6.00. The van der Waals surface area contributed by atoms with Crippen molar-refractivity contribution < 1.29 is 5.11 Å². The predicted molar refractivity (Wildman–Crippen MR) is 80.4 cm³/mol. The van der Waals surface area contributed by atoms with Gasteiger partial charge in [0.05, 0.1) is 6.54 Å². The minimum absolute atomic E-state index is 0.199. The largest absolute Gasteiger partial charge is 0.386 e. The van der Waals surface area contributed by atoms with Gasteiger partial charge in [0.2, 0.25) is 0 Å². The van der Waals surface area contributed by atoms with Gasteiger partial charge in [-0.3, -0.25) is 4.99 Å². The van der Waals surface area contributed by atoms with Gasteiger partial charge in [-0.1, -0.05) is 43.6 Å². The highest BCUT2D eigenvalue weighted by molar-refractivity contribution is 6.31. The molecule has 4 nitrogen and oxygen atoms in total. The number of aliphatic hydroxyl groups is 1. The van der Waals surface area contributed by atoms with Crippen LogP contribution in [-0.4, -0.2) is 24.2 Å². The van der Waals surface area contributed by atoms with E-state index in [2.05, 4.69) is 24.2 Å². The van der Waals surface area contributed by atoms with Crippen LogP contribution in [0, 0.1) is 5.92 Å². The number of aliphatic imine (C=N–C) groups is 1. The first-order valence-electron chi connectivity index (χ1n) is 6.47. The van der Waals surface area contributed by atoms with Gasteiger partial charge in [0.15, 0.2) is 5.96 Å². The first-order valence-corrected chi connectivity index (χ1v) is 6.84. The smallest absolute Gasteiger partial charge is 0.188 e. The van der Waals surface area contributed by atoms with E-state index in [0.717, 1.165) is 13.0 Å². The van der Waals surface area contributed by atoms with E-state index in [1.807, 2.05) is 12.1 Å². The second kappa shape index (κ2) is 8.02. The zero-order valence-electron chi connectivity index (χ0n) is 11.4. The van der Waals surface area contributed by atoms with E-state index in [1.165, 1.54) is 0 Å². The molecule has 0 aliphatic rings. The molecule has 0 radical (unpaired) electrons. The Morgan fingerprint density at radius 1 is 1.42 bits per heavy atom. The Hall–Kier alpha value is -1.26. The second-order valence-electron chi connectivity index (χ2n) is 4.87. The lowest BCUT2D eigenvalue weighted by molar-refractivity contribution is 0.187. The number of aliphatic hydroxyl groups excluding tert-OH is 1. The Morgan fingerprint density at radius 3 is 2.74 bits per heavy atom. The maximum atomic E-state index is 9.99. The van der Waals surface area contributed by atoms with Crippen LogP contribution in [0.5, 0.6) is 0 Å². The lowest BCUT2D eigenvalue weighted by Gasteiger charge is -2.11. The predicted octanol–water partition coefficient (Wildman–Crippen LogP) is 2.32. The number of benzene rings is 1. The molecule has 5 heteroatoms. The van der Waals surface area contributed by atoms with Crippen molar-refractivity contribution in [2.45, 2.75) is 26.4 Å². The van der Waals surface area contributed by atoms with Crippen LogP contribution in [0.4, 0.5) is 0 Å². The number of hydrogen-bond acceptors (Lipinski definition) is 2. The monoisotopic (exact) mass is 283 g/mol. The SMILES string of the molecule is CC(C)CCNC(N)=NCC(O)c1ccccc1Cl. The number of hydrogen-bond donors (Lipinski definition) is 3. The van der Waals surface area contributed by atoms with E-state index < -0.39 is 6.10 Å². The third kappa shape index (κ3) is 5.94. The molecular formula is C14H22ClN3O. The van der Waals surface area contributed by atoms with Crippen LogP contribution in [0.1, 0.15) is 31.9 Å². The van der Waals surface area contributed by atoms with E-state index in [4.69, 9.17) is 17.3 Å². The summed E-state index contributed by atoms with van der Waals surface area (Å²) in [5, 5.41) is 13.5. The van der Waals surface area contributed by atoms with Crippen molar-refractivity contribution in [3.05, 3.63) is 34.9 Å². The molecular weight excluding hydrogens is 262 g/mol. The fourth-order valence-electron chi connectivity index (χ4n) is 1.57. The van der Waals surface area contributed by atoms with Crippen molar-refractivity contribution in [1.29, 1.82) is 0 Å². The van der Waals surface area contributed by atoms with Gasteiger partial charge >= 0.3 is 0 Å². The van der Waals surface area contributed by atoms with Gasteiger partial charge in [0.1, 0.15) is 6.10 Å².